The molecular formula is C20H20ClNO2. The highest BCUT2D eigenvalue weighted by Gasteiger charge is 2.12. The van der Waals surface area contributed by atoms with E-state index < -0.39 is 0 Å². The number of nitrogens with zero attached hydrogens (tertiary/aromatic N) is 1. The molecule has 0 heterocycles. The van der Waals surface area contributed by atoms with Crippen LogP contribution in [0.5, 0.6) is 11.5 Å². The predicted molar refractivity (Wildman–Crippen MR) is 98.5 cm³/mol. The lowest BCUT2D eigenvalue weighted by molar-refractivity contribution is 0.288. The maximum absolute atomic E-state index is 9.48. The fraction of sp³-hybridized carbons (Fsp3) is 0.250. The maximum atomic E-state index is 9.48. The van der Waals surface area contributed by atoms with Crippen molar-refractivity contribution in [2.75, 3.05) is 13.2 Å². The summed E-state index contributed by atoms with van der Waals surface area (Å²) in [7, 11) is 0. The smallest absolute Gasteiger partial charge is 0.179 e. The van der Waals surface area contributed by atoms with Gasteiger partial charge in [0.2, 0.25) is 0 Å². The fourth-order valence-corrected chi connectivity index (χ4v) is 2.57. The van der Waals surface area contributed by atoms with Gasteiger partial charge in [-0.2, -0.15) is 5.26 Å². The standard InChI is InChI=1S/C20H20ClNO2/c1-4-23-19-12-15(11-18(21)20(19)24-5-2)10-17(13-22)16-8-6-14(3)7-9-16/h6-12H,4-5H2,1-3H3/b17-10-. The van der Waals surface area contributed by atoms with Gasteiger partial charge in [-0.15, -0.1) is 0 Å². The van der Waals surface area contributed by atoms with E-state index in [1.807, 2.05) is 51.1 Å². The third kappa shape index (κ3) is 4.31. The van der Waals surface area contributed by atoms with Gasteiger partial charge in [0, 0.05) is 0 Å². The van der Waals surface area contributed by atoms with Crippen molar-refractivity contribution in [1.82, 2.24) is 0 Å². The Labute approximate surface area is 148 Å². The van der Waals surface area contributed by atoms with Crippen molar-refractivity contribution in [3.05, 3.63) is 58.1 Å². The van der Waals surface area contributed by atoms with Crippen LogP contribution in [0.4, 0.5) is 0 Å². The van der Waals surface area contributed by atoms with Gasteiger partial charge in [-0.1, -0.05) is 41.4 Å². The molecular weight excluding hydrogens is 322 g/mol. The van der Waals surface area contributed by atoms with Gasteiger partial charge in [0.25, 0.3) is 0 Å². The third-order valence-electron chi connectivity index (χ3n) is 3.41. The average Bonchev–Trinajstić information content (AvgIpc) is 2.57. The summed E-state index contributed by atoms with van der Waals surface area (Å²) in [5.74, 6) is 1.12. The summed E-state index contributed by atoms with van der Waals surface area (Å²) >= 11 is 6.33. The Bertz CT molecular complexity index is 773. The molecule has 0 bridgehead atoms. The molecule has 0 amide bonds. The monoisotopic (exact) mass is 341 g/mol. The Kier molecular flexibility index (Phi) is 6.28. The Morgan fingerprint density at radius 3 is 2.38 bits per heavy atom. The highest BCUT2D eigenvalue weighted by Crippen LogP contribution is 2.37. The average molecular weight is 342 g/mol. The van der Waals surface area contributed by atoms with Crippen LogP contribution in [0, 0.1) is 18.3 Å². The fourth-order valence-electron chi connectivity index (χ4n) is 2.30. The molecule has 0 aliphatic heterocycles. The summed E-state index contributed by atoms with van der Waals surface area (Å²) in [6, 6.07) is 13.7. The predicted octanol–water partition coefficient (Wildman–Crippen LogP) is 5.51. The number of nitriles is 1. The number of aryl methyl sites for hydroxylation is 1. The first-order valence-corrected chi connectivity index (χ1v) is 8.24. The van der Waals surface area contributed by atoms with Crippen LogP contribution < -0.4 is 9.47 Å². The lowest BCUT2D eigenvalue weighted by Crippen LogP contribution is -1.99. The highest BCUT2D eigenvalue weighted by atomic mass is 35.5. The zero-order valence-corrected chi connectivity index (χ0v) is 14.9. The molecule has 0 fully saturated rings. The highest BCUT2D eigenvalue weighted by molar-refractivity contribution is 6.32. The van der Waals surface area contributed by atoms with Crippen molar-refractivity contribution in [2.45, 2.75) is 20.8 Å². The van der Waals surface area contributed by atoms with Crippen LogP contribution in [0.1, 0.15) is 30.5 Å². The van der Waals surface area contributed by atoms with Gasteiger partial charge in [-0.3, -0.25) is 0 Å². The molecule has 24 heavy (non-hydrogen) atoms. The van der Waals surface area contributed by atoms with Crippen LogP contribution in [0.2, 0.25) is 5.02 Å². The first kappa shape index (κ1) is 17.9. The number of rotatable bonds is 6. The van der Waals surface area contributed by atoms with Crippen molar-refractivity contribution >= 4 is 23.3 Å². The Hall–Kier alpha value is -2.44. The van der Waals surface area contributed by atoms with E-state index in [0.717, 1.165) is 16.7 Å². The van der Waals surface area contributed by atoms with Crippen LogP contribution >= 0.6 is 11.6 Å². The largest absolute Gasteiger partial charge is 0.490 e. The molecule has 0 radical (unpaired) electrons. The van der Waals surface area contributed by atoms with Crippen LogP contribution in [-0.4, -0.2) is 13.2 Å². The number of hydrogen-bond acceptors (Lipinski definition) is 3. The zero-order valence-electron chi connectivity index (χ0n) is 14.1. The summed E-state index contributed by atoms with van der Waals surface area (Å²) < 4.78 is 11.2. The van der Waals surface area contributed by atoms with E-state index in [1.54, 1.807) is 12.1 Å². The van der Waals surface area contributed by atoms with Crippen molar-refractivity contribution < 1.29 is 9.47 Å². The molecule has 0 atom stereocenters. The van der Waals surface area contributed by atoms with E-state index in [-0.39, 0.29) is 0 Å². The summed E-state index contributed by atoms with van der Waals surface area (Å²) in [5, 5.41) is 9.95. The van der Waals surface area contributed by atoms with Gasteiger partial charge in [0.1, 0.15) is 0 Å². The Balaban J connectivity index is 2.46. The van der Waals surface area contributed by atoms with Crippen LogP contribution in [0.15, 0.2) is 36.4 Å². The van der Waals surface area contributed by atoms with Crippen LogP contribution in [0.25, 0.3) is 11.6 Å². The van der Waals surface area contributed by atoms with E-state index >= 15 is 0 Å². The Morgan fingerprint density at radius 1 is 1.12 bits per heavy atom. The second-order valence-electron chi connectivity index (χ2n) is 5.23. The first-order chi connectivity index (χ1) is 11.6. The van der Waals surface area contributed by atoms with E-state index in [4.69, 9.17) is 21.1 Å². The topological polar surface area (TPSA) is 42.2 Å². The molecule has 2 rings (SSSR count). The van der Waals surface area contributed by atoms with Gasteiger partial charge in [0.15, 0.2) is 11.5 Å². The van der Waals surface area contributed by atoms with Crippen molar-refractivity contribution in [1.29, 1.82) is 5.26 Å². The summed E-state index contributed by atoms with van der Waals surface area (Å²) in [5.41, 5.74) is 3.38. The van der Waals surface area contributed by atoms with E-state index in [1.165, 1.54) is 0 Å². The summed E-state index contributed by atoms with van der Waals surface area (Å²) in [6.45, 7) is 6.82. The van der Waals surface area contributed by atoms with Gasteiger partial charge in [-0.05, 0) is 50.1 Å². The molecule has 124 valence electrons. The molecule has 0 aliphatic carbocycles. The molecule has 0 spiro atoms. The third-order valence-corrected chi connectivity index (χ3v) is 3.70. The molecule has 0 unspecified atom stereocenters. The Morgan fingerprint density at radius 2 is 1.79 bits per heavy atom. The number of benzene rings is 2. The van der Waals surface area contributed by atoms with Gasteiger partial charge >= 0.3 is 0 Å². The molecule has 2 aromatic carbocycles. The number of allylic oxidation sites excluding steroid dienone is 1. The second kappa shape index (κ2) is 8.42. The maximum Gasteiger partial charge on any atom is 0.179 e. The van der Waals surface area contributed by atoms with E-state index in [0.29, 0.717) is 35.3 Å². The zero-order chi connectivity index (χ0) is 17.5. The SMILES string of the molecule is CCOc1cc(/C=C(/C#N)c2ccc(C)cc2)cc(Cl)c1OCC. The number of halogens is 1. The first-order valence-electron chi connectivity index (χ1n) is 7.87. The number of ether oxygens (including phenoxy) is 2. The van der Waals surface area contributed by atoms with Crippen molar-refractivity contribution in [2.24, 2.45) is 0 Å². The molecule has 0 aromatic heterocycles. The minimum absolute atomic E-state index is 0.468. The summed E-state index contributed by atoms with van der Waals surface area (Å²) in [6.07, 6.45) is 1.80. The molecule has 2 aromatic rings. The van der Waals surface area contributed by atoms with Gasteiger partial charge in [-0.25, -0.2) is 0 Å². The molecule has 4 heteroatoms. The second-order valence-corrected chi connectivity index (χ2v) is 5.64. The number of hydrogen-bond donors (Lipinski definition) is 0. The van der Waals surface area contributed by atoms with Crippen molar-refractivity contribution in [3.8, 4) is 17.6 Å². The van der Waals surface area contributed by atoms with Gasteiger partial charge in [0.05, 0.1) is 29.9 Å². The lowest BCUT2D eigenvalue weighted by atomic mass is 10.0. The molecule has 0 saturated carbocycles. The molecule has 0 saturated heterocycles. The van der Waals surface area contributed by atoms with Crippen LogP contribution in [-0.2, 0) is 0 Å². The molecule has 0 aliphatic rings. The minimum Gasteiger partial charge on any atom is -0.490 e. The van der Waals surface area contributed by atoms with E-state index in [9.17, 15) is 5.26 Å². The normalized spacial score (nSPS) is 11.0. The molecule has 0 N–H and O–H groups in total. The quantitative estimate of drug-likeness (QED) is 0.514. The van der Waals surface area contributed by atoms with E-state index in [2.05, 4.69) is 6.07 Å². The molecule has 3 nitrogen and oxygen atoms in total. The minimum atomic E-state index is 0.468. The van der Waals surface area contributed by atoms with Crippen molar-refractivity contribution in [3.63, 3.8) is 0 Å². The van der Waals surface area contributed by atoms with Crippen LogP contribution in [0.3, 0.4) is 0 Å². The summed E-state index contributed by atoms with van der Waals surface area (Å²) in [4.78, 5) is 0. The lowest BCUT2D eigenvalue weighted by Gasteiger charge is -2.13. The van der Waals surface area contributed by atoms with Gasteiger partial charge < -0.3 is 9.47 Å².